The molecular weight excluding hydrogens is 198 g/mol. The van der Waals surface area contributed by atoms with Crippen LogP contribution in [-0.4, -0.2) is 26.3 Å². The molecular formula is C14H29NO. The lowest BCUT2D eigenvalue weighted by molar-refractivity contribution is 0.000987. The van der Waals surface area contributed by atoms with Crippen LogP contribution in [0.1, 0.15) is 47.0 Å². The summed E-state index contributed by atoms with van der Waals surface area (Å²) >= 11 is 0. The van der Waals surface area contributed by atoms with E-state index in [0.29, 0.717) is 5.41 Å². The standard InChI is InChI=1S/C14H29NO/c1-12(2)10-15-8-7-14(3,4)13-6-5-9-16-11-13/h12-13,15H,5-11H2,1-4H3. The molecule has 1 unspecified atom stereocenters. The molecule has 96 valence electrons. The smallest absolute Gasteiger partial charge is 0.0499 e. The van der Waals surface area contributed by atoms with E-state index in [2.05, 4.69) is 33.0 Å². The van der Waals surface area contributed by atoms with Gasteiger partial charge in [0.25, 0.3) is 0 Å². The lowest BCUT2D eigenvalue weighted by Gasteiger charge is -2.37. The Balaban J connectivity index is 2.21. The van der Waals surface area contributed by atoms with Crippen molar-refractivity contribution < 1.29 is 4.74 Å². The Kier molecular flexibility index (Phi) is 5.77. The van der Waals surface area contributed by atoms with Gasteiger partial charge in [-0.05, 0) is 49.6 Å². The predicted molar refractivity (Wildman–Crippen MR) is 69.6 cm³/mol. The fraction of sp³-hybridized carbons (Fsp3) is 1.00. The first-order chi connectivity index (χ1) is 7.52. The monoisotopic (exact) mass is 227 g/mol. The zero-order valence-electron chi connectivity index (χ0n) is 11.5. The van der Waals surface area contributed by atoms with Gasteiger partial charge in [0.15, 0.2) is 0 Å². The van der Waals surface area contributed by atoms with Crippen LogP contribution < -0.4 is 5.32 Å². The molecule has 1 saturated heterocycles. The molecule has 0 radical (unpaired) electrons. The van der Waals surface area contributed by atoms with Crippen molar-refractivity contribution in [3.8, 4) is 0 Å². The Morgan fingerprint density at radius 1 is 1.38 bits per heavy atom. The van der Waals surface area contributed by atoms with Gasteiger partial charge in [-0.15, -0.1) is 0 Å². The van der Waals surface area contributed by atoms with Crippen molar-refractivity contribution in [2.45, 2.75) is 47.0 Å². The molecule has 2 nitrogen and oxygen atoms in total. The Morgan fingerprint density at radius 3 is 2.69 bits per heavy atom. The lowest BCUT2D eigenvalue weighted by atomic mass is 9.74. The van der Waals surface area contributed by atoms with Crippen LogP contribution in [0.3, 0.4) is 0 Å². The van der Waals surface area contributed by atoms with Gasteiger partial charge >= 0.3 is 0 Å². The van der Waals surface area contributed by atoms with Crippen molar-refractivity contribution in [1.82, 2.24) is 5.32 Å². The van der Waals surface area contributed by atoms with Crippen molar-refractivity contribution >= 4 is 0 Å². The zero-order chi connectivity index (χ0) is 12.0. The number of hydrogen-bond donors (Lipinski definition) is 1. The van der Waals surface area contributed by atoms with Crippen LogP contribution in [0.15, 0.2) is 0 Å². The van der Waals surface area contributed by atoms with E-state index < -0.39 is 0 Å². The highest BCUT2D eigenvalue weighted by atomic mass is 16.5. The number of hydrogen-bond acceptors (Lipinski definition) is 2. The summed E-state index contributed by atoms with van der Waals surface area (Å²) in [4.78, 5) is 0. The fourth-order valence-corrected chi connectivity index (χ4v) is 2.36. The molecule has 0 aliphatic carbocycles. The van der Waals surface area contributed by atoms with Gasteiger partial charge in [0, 0.05) is 13.2 Å². The number of rotatable bonds is 6. The van der Waals surface area contributed by atoms with Crippen LogP contribution in [0.5, 0.6) is 0 Å². The number of nitrogens with one attached hydrogen (secondary N) is 1. The maximum Gasteiger partial charge on any atom is 0.0499 e. The van der Waals surface area contributed by atoms with Gasteiger partial charge in [-0.25, -0.2) is 0 Å². The topological polar surface area (TPSA) is 21.3 Å². The quantitative estimate of drug-likeness (QED) is 0.704. The van der Waals surface area contributed by atoms with E-state index in [0.717, 1.165) is 38.1 Å². The molecule has 1 rings (SSSR count). The average molecular weight is 227 g/mol. The highest BCUT2D eigenvalue weighted by Crippen LogP contribution is 2.35. The van der Waals surface area contributed by atoms with Gasteiger partial charge in [-0.1, -0.05) is 27.7 Å². The van der Waals surface area contributed by atoms with Gasteiger partial charge in [0.2, 0.25) is 0 Å². The van der Waals surface area contributed by atoms with Gasteiger partial charge in [-0.2, -0.15) is 0 Å². The van der Waals surface area contributed by atoms with Crippen LogP contribution >= 0.6 is 0 Å². The second kappa shape index (κ2) is 6.61. The molecule has 1 atom stereocenters. The molecule has 1 aliphatic rings. The summed E-state index contributed by atoms with van der Waals surface area (Å²) in [6.45, 7) is 13.5. The molecule has 1 N–H and O–H groups in total. The first-order valence-corrected chi connectivity index (χ1v) is 6.81. The maximum atomic E-state index is 5.59. The minimum atomic E-state index is 0.421. The molecule has 0 aromatic heterocycles. The second-order valence-corrected chi connectivity index (χ2v) is 6.25. The third-order valence-electron chi connectivity index (χ3n) is 3.76. The summed E-state index contributed by atoms with van der Waals surface area (Å²) in [7, 11) is 0. The van der Waals surface area contributed by atoms with E-state index in [9.17, 15) is 0 Å². The van der Waals surface area contributed by atoms with Crippen LogP contribution in [0.25, 0.3) is 0 Å². The Morgan fingerprint density at radius 2 is 2.12 bits per heavy atom. The molecule has 0 aromatic carbocycles. The molecule has 2 heteroatoms. The lowest BCUT2D eigenvalue weighted by Crippen LogP contribution is -2.34. The first kappa shape index (κ1) is 14.0. The second-order valence-electron chi connectivity index (χ2n) is 6.25. The van der Waals surface area contributed by atoms with E-state index in [1.54, 1.807) is 0 Å². The average Bonchev–Trinajstić information content (AvgIpc) is 2.26. The van der Waals surface area contributed by atoms with E-state index in [4.69, 9.17) is 4.74 Å². The van der Waals surface area contributed by atoms with Gasteiger partial charge in [-0.3, -0.25) is 0 Å². The highest BCUT2D eigenvalue weighted by Gasteiger charge is 2.30. The van der Waals surface area contributed by atoms with Crippen LogP contribution in [0.4, 0.5) is 0 Å². The summed E-state index contributed by atoms with van der Waals surface area (Å²) in [5, 5.41) is 3.54. The minimum absolute atomic E-state index is 0.421. The predicted octanol–water partition coefficient (Wildman–Crippen LogP) is 3.07. The molecule has 1 fully saturated rings. The van der Waals surface area contributed by atoms with Gasteiger partial charge in [0.1, 0.15) is 0 Å². The summed E-state index contributed by atoms with van der Waals surface area (Å²) in [5.74, 6) is 1.50. The SMILES string of the molecule is CC(C)CNCCC(C)(C)C1CCCOC1. The summed E-state index contributed by atoms with van der Waals surface area (Å²) in [6.07, 6.45) is 3.85. The van der Waals surface area contributed by atoms with Crippen LogP contribution in [0.2, 0.25) is 0 Å². The molecule has 16 heavy (non-hydrogen) atoms. The van der Waals surface area contributed by atoms with Gasteiger partial charge < -0.3 is 10.1 Å². The van der Waals surface area contributed by atoms with Crippen molar-refractivity contribution in [2.24, 2.45) is 17.3 Å². The van der Waals surface area contributed by atoms with Crippen LogP contribution in [0, 0.1) is 17.3 Å². The first-order valence-electron chi connectivity index (χ1n) is 6.81. The molecule has 0 bridgehead atoms. The van der Waals surface area contributed by atoms with Crippen LogP contribution in [-0.2, 0) is 4.74 Å². The number of ether oxygens (including phenoxy) is 1. The van der Waals surface area contributed by atoms with E-state index >= 15 is 0 Å². The molecule has 0 saturated carbocycles. The molecule has 1 heterocycles. The molecule has 0 aromatic rings. The maximum absolute atomic E-state index is 5.59. The van der Waals surface area contributed by atoms with E-state index in [1.165, 1.54) is 19.3 Å². The summed E-state index contributed by atoms with van der Waals surface area (Å²) in [6, 6.07) is 0. The minimum Gasteiger partial charge on any atom is -0.381 e. The third kappa shape index (κ3) is 4.84. The van der Waals surface area contributed by atoms with Crippen molar-refractivity contribution in [2.75, 3.05) is 26.3 Å². The summed E-state index contributed by atoms with van der Waals surface area (Å²) in [5.41, 5.74) is 0.421. The molecule has 0 spiro atoms. The van der Waals surface area contributed by atoms with Crippen molar-refractivity contribution in [1.29, 1.82) is 0 Å². The highest BCUT2D eigenvalue weighted by molar-refractivity contribution is 4.80. The van der Waals surface area contributed by atoms with E-state index in [1.807, 2.05) is 0 Å². The molecule has 1 aliphatic heterocycles. The van der Waals surface area contributed by atoms with Crippen molar-refractivity contribution in [3.05, 3.63) is 0 Å². The third-order valence-corrected chi connectivity index (χ3v) is 3.76. The molecule has 0 amide bonds. The van der Waals surface area contributed by atoms with Gasteiger partial charge in [0.05, 0.1) is 0 Å². The summed E-state index contributed by atoms with van der Waals surface area (Å²) < 4.78 is 5.59. The van der Waals surface area contributed by atoms with Crippen molar-refractivity contribution in [3.63, 3.8) is 0 Å². The fourth-order valence-electron chi connectivity index (χ4n) is 2.36. The Hall–Kier alpha value is -0.0800. The normalized spacial score (nSPS) is 22.7. The Labute approximate surface area is 101 Å². The zero-order valence-corrected chi connectivity index (χ0v) is 11.5. The largest absolute Gasteiger partial charge is 0.381 e. The van der Waals surface area contributed by atoms with E-state index in [-0.39, 0.29) is 0 Å². The Bertz CT molecular complexity index is 183.